The Hall–Kier alpha value is -2.10. The summed E-state index contributed by atoms with van der Waals surface area (Å²) in [6.07, 6.45) is 1.01. The summed E-state index contributed by atoms with van der Waals surface area (Å²) in [6, 6.07) is 9.87. The van der Waals surface area contributed by atoms with Gasteiger partial charge in [0.25, 0.3) is 0 Å². The van der Waals surface area contributed by atoms with E-state index in [1.807, 2.05) is 37.3 Å². The van der Waals surface area contributed by atoms with Crippen LogP contribution < -0.4 is 10.1 Å². The van der Waals surface area contributed by atoms with Gasteiger partial charge in [0.05, 0.1) is 6.61 Å². The van der Waals surface area contributed by atoms with Crippen LogP contribution in [0.4, 0.5) is 5.82 Å². The normalized spacial score (nSPS) is 10.3. The van der Waals surface area contributed by atoms with Crippen molar-refractivity contribution >= 4 is 5.82 Å². The summed E-state index contributed by atoms with van der Waals surface area (Å²) >= 11 is 0. The summed E-state index contributed by atoms with van der Waals surface area (Å²) in [4.78, 5) is 9.01. The number of aromatic nitrogens is 2. The highest BCUT2D eigenvalue weighted by Gasteiger charge is 2.05. The van der Waals surface area contributed by atoms with Crippen LogP contribution in [0.2, 0.25) is 0 Å². The van der Waals surface area contributed by atoms with Crippen molar-refractivity contribution in [2.45, 2.75) is 27.2 Å². The maximum Gasteiger partial charge on any atom is 0.161 e. The molecule has 106 valence electrons. The van der Waals surface area contributed by atoms with E-state index in [9.17, 15) is 0 Å². The molecule has 1 heterocycles. The lowest BCUT2D eigenvalue weighted by molar-refractivity contribution is 0.317. The van der Waals surface area contributed by atoms with Crippen molar-refractivity contribution in [3.8, 4) is 17.1 Å². The maximum atomic E-state index is 5.58. The summed E-state index contributed by atoms with van der Waals surface area (Å²) in [5, 5.41) is 3.22. The number of benzene rings is 1. The second-order valence-electron chi connectivity index (χ2n) is 4.62. The lowest BCUT2D eigenvalue weighted by Crippen LogP contribution is -2.02. The summed E-state index contributed by atoms with van der Waals surface area (Å²) in [5.74, 6) is 2.49. The summed E-state index contributed by atoms with van der Waals surface area (Å²) in [6.45, 7) is 7.71. The number of ether oxygens (including phenoxy) is 1. The second kappa shape index (κ2) is 6.89. The predicted molar refractivity (Wildman–Crippen MR) is 82.2 cm³/mol. The van der Waals surface area contributed by atoms with Crippen molar-refractivity contribution in [3.63, 3.8) is 0 Å². The molecule has 0 fully saturated rings. The highest BCUT2D eigenvalue weighted by molar-refractivity contribution is 5.58. The van der Waals surface area contributed by atoms with Gasteiger partial charge in [0.1, 0.15) is 11.6 Å². The van der Waals surface area contributed by atoms with Gasteiger partial charge in [-0.1, -0.05) is 6.92 Å². The Morgan fingerprint density at radius 2 is 1.85 bits per heavy atom. The first-order valence-electron chi connectivity index (χ1n) is 7.05. The number of rotatable bonds is 6. The van der Waals surface area contributed by atoms with Crippen LogP contribution in [0, 0.1) is 6.92 Å². The third kappa shape index (κ3) is 3.70. The first kappa shape index (κ1) is 14.3. The number of anilines is 1. The van der Waals surface area contributed by atoms with Crippen LogP contribution in [-0.2, 0) is 0 Å². The van der Waals surface area contributed by atoms with Crippen molar-refractivity contribution in [2.75, 3.05) is 18.5 Å². The summed E-state index contributed by atoms with van der Waals surface area (Å²) in [5.41, 5.74) is 1.95. The van der Waals surface area contributed by atoms with E-state index in [0.29, 0.717) is 0 Å². The monoisotopic (exact) mass is 271 g/mol. The van der Waals surface area contributed by atoms with Crippen LogP contribution in [0.25, 0.3) is 11.4 Å². The molecular weight excluding hydrogens is 250 g/mol. The lowest BCUT2D eigenvalue weighted by atomic mass is 10.2. The molecule has 0 aliphatic carbocycles. The van der Waals surface area contributed by atoms with Crippen molar-refractivity contribution < 1.29 is 4.74 Å². The van der Waals surface area contributed by atoms with Crippen molar-refractivity contribution in [2.24, 2.45) is 0 Å². The second-order valence-corrected chi connectivity index (χ2v) is 4.62. The molecule has 0 saturated carbocycles. The first-order valence-corrected chi connectivity index (χ1v) is 7.05. The van der Waals surface area contributed by atoms with Gasteiger partial charge in [0, 0.05) is 23.9 Å². The third-order valence-corrected chi connectivity index (χ3v) is 2.80. The van der Waals surface area contributed by atoms with Crippen molar-refractivity contribution in [1.29, 1.82) is 0 Å². The predicted octanol–water partition coefficient (Wildman–Crippen LogP) is 3.67. The molecule has 1 N–H and O–H groups in total. The molecule has 0 saturated heterocycles. The van der Waals surface area contributed by atoms with E-state index in [0.717, 1.165) is 48.2 Å². The topological polar surface area (TPSA) is 47.0 Å². The van der Waals surface area contributed by atoms with Gasteiger partial charge in [-0.15, -0.1) is 0 Å². The molecule has 0 radical (unpaired) electrons. The molecular formula is C16H21N3O. The van der Waals surface area contributed by atoms with E-state index in [4.69, 9.17) is 4.74 Å². The Bertz CT molecular complexity index is 552. The van der Waals surface area contributed by atoms with Gasteiger partial charge in [0.2, 0.25) is 0 Å². The Labute approximate surface area is 120 Å². The molecule has 4 nitrogen and oxygen atoms in total. The molecule has 0 spiro atoms. The van der Waals surface area contributed by atoms with Crippen LogP contribution in [0.5, 0.6) is 5.75 Å². The highest BCUT2D eigenvalue weighted by atomic mass is 16.5. The molecule has 1 aromatic carbocycles. The van der Waals surface area contributed by atoms with Gasteiger partial charge in [0.15, 0.2) is 5.82 Å². The molecule has 20 heavy (non-hydrogen) atoms. The Balaban J connectivity index is 2.22. The van der Waals surface area contributed by atoms with E-state index in [1.54, 1.807) is 0 Å². The minimum Gasteiger partial charge on any atom is -0.494 e. The number of nitrogens with zero attached hydrogens (tertiary/aromatic N) is 2. The van der Waals surface area contributed by atoms with Gasteiger partial charge >= 0.3 is 0 Å². The molecule has 0 amide bonds. The smallest absolute Gasteiger partial charge is 0.161 e. The highest BCUT2D eigenvalue weighted by Crippen LogP contribution is 2.21. The zero-order chi connectivity index (χ0) is 14.4. The third-order valence-electron chi connectivity index (χ3n) is 2.80. The molecule has 0 aliphatic rings. The van der Waals surface area contributed by atoms with E-state index < -0.39 is 0 Å². The quantitative estimate of drug-likeness (QED) is 0.870. The van der Waals surface area contributed by atoms with E-state index in [1.165, 1.54) is 0 Å². The fourth-order valence-corrected chi connectivity index (χ4v) is 1.89. The number of hydrogen-bond acceptors (Lipinski definition) is 4. The van der Waals surface area contributed by atoms with Crippen molar-refractivity contribution in [3.05, 3.63) is 36.0 Å². The van der Waals surface area contributed by atoms with Gasteiger partial charge < -0.3 is 10.1 Å². The standard InChI is InChI=1S/C16H21N3O/c1-4-10-20-14-8-6-13(7-9-14)16-18-12(3)11-15(19-16)17-5-2/h6-9,11H,4-5,10H2,1-3H3,(H,17,18,19). The van der Waals surface area contributed by atoms with Crippen LogP contribution in [-0.4, -0.2) is 23.1 Å². The molecule has 0 aliphatic heterocycles. The minimum absolute atomic E-state index is 0.739. The SMILES string of the molecule is CCCOc1ccc(-c2nc(C)cc(NCC)n2)cc1. The van der Waals surface area contributed by atoms with E-state index >= 15 is 0 Å². The minimum atomic E-state index is 0.739. The van der Waals surface area contributed by atoms with E-state index in [2.05, 4.69) is 29.1 Å². The van der Waals surface area contributed by atoms with Gasteiger partial charge in [-0.05, 0) is 44.5 Å². The molecule has 0 atom stereocenters. The van der Waals surface area contributed by atoms with Crippen LogP contribution in [0.1, 0.15) is 26.0 Å². The fourth-order valence-electron chi connectivity index (χ4n) is 1.89. The van der Waals surface area contributed by atoms with Crippen LogP contribution in [0.15, 0.2) is 30.3 Å². The van der Waals surface area contributed by atoms with Gasteiger partial charge in [-0.2, -0.15) is 0 Å². The first-order chi connectivity index (χ1) is 9.72. The maximum absolute atomic E-state index is 5.58. The summed E-state index contributed by atoms with van der Waals surface area (Å²) in [7, 11) is 0. The molecule has 4 heteroatoms. The average molecular weight is 271 g/mol. The van der Waals surface area contributed by atoms with Crippen molar-refractivity contribution in [1.82, 2.24) is 9.97 Å². The lowest BCUT2D eigenvalue weighted by Gasteiger charge is -2.08. The van der Waals surface area contributed by atoms with Crippen LogP contribution in [0.3, 0.4) is 0 Å². The fraction of sp³-hybridized carbons (Fsp3) is 0.375. The molecule has 0 unspecified atom stereocenters. The Kier molecular flexibility index (Phi) is 4.93. The molecule has 2 rings (SSSR count). The number of aryl methyl sites for hydroxylation is 1. The Morgan fingerprint density at radius 1 is 1.10 bits per heavy atom. The Morgan fingerprint density at radius 3 is 2.50 bits per heavy atom. The largest absolute Gasteiger partial charge is 0.494 e. The van der Waals surface area contributed by atoms with Gasteiger partial charge in [-0.25, -0.2) is 9.97 Å². The zero-order valence-electron chi connectivity index (χ0n) is 12.3. The zero-order valence-corrected chi connectivity index (χ0v) is 12.3. The number of nitrogens with one attached hydrogen (secondary N) is 1. The summed E-state index contributed by atoms with van der Waals surface area (Å²) < 4.78 is 5.58. The number of hydrogen-bond donors (Lipinski definition) is 1. The average Bonchev–Trinajstić information content (AvgIpc) is 2.45. The molecule has 0 bridgehead atoms. The van der Waals surface area contributed by atoms with Gasteiger partial charge in [-0.3, -0.25) is 0 Å². The molecule has 1 aromatic heterocycles. The van der Waals surface area contributed by atoms with Crippen LogP contribution >= 0.6 is 0 Å². The van der Waals surface area contributed by atoms with E-state index in [-0.39, 0.29) is 0 Å². The molecule has 2 aromatic rings.